The van der Waals surface area contributed by atoms with Crippen LogP contribution in [0, 0.1) is 5.92 Å². The highest BCUT2D eigenvalue weighted by Crippen LogP contribution is 2.37. The third kappa shape index (κ3) is 1.63. The predicted molar refractivity (Wildman–Crippen MR) is 62.6 cm³/mol. The molecule has 3 rings (SSSR count). The number of hydrogen-bond donors (Lipinski definition) is 1. The van der Waals surface area contributed by atoms with Crippen LogP contribution in [0.15, 0.2) is 47.2 Å². The van der Waals surface area contributed by atoms with Gasteiger partial charge in [-0.25, -0.2) is 4.99 Å². The molecule has 1 aromatic rings. The lowest BCUT2D eigenvalue weighted by Gasteiger charge is -2.20. The first kappa shape index (κ1) is 9.84. The average molecular weight is 227 g/mol. The van der Waals surface area contributed by atoms with Crippen molar-refractivity contribution < 1.29 is 14.6 Å². The second kappa shape index (κ2) is 3.59. The Hall–Kier alpha value is -2.36. The van der Waals surface area contributed by atoms with Crippen LogP contribution in [0.3, 0.4) is 0 Å². The zero-order chi connectivity index (χ0) is 11.8. The summed E-state index contributed by atoms with van der Waals surface area (Å²) in [7, 11) is 0. The Kier molecular flexibility index (Phi) is 2.08. The number of allylic oxidation sites excluding steroid dienone is 3. The molecule has 1 unspecified atom stereocenters. The zero-order valence-electron chi connectivity index (χ0n) is 8.83. The molecule has 17 heavy (non-hydrogen) atoms. The Labute approximate surface area is 97.6 Å². The fraction of sp³-hybridized carbons (Fsp3) is 0.0769. The summed E-state index contributed by atoms with van der Waals surface area (Å²) in [6.07, 6.45) is 6.08. The maximum absolute atomic E-state index is 10.7. The SMILES string of the molecule is O=CC1C=CC2=Nc3ccc(O)cc3OC2=C1. The van der Waals surface area contributed by atoms with Crippen molar-refractivity contribution in [3.63, 3.8) is 0 Å². The Morgan fingerprint density at radius 2 is 2.29 bits per heavy atom. The highest BCUT2D eigenvalue weighted by atomic mass is 16.5. The van der Waals surface area contributed by atoms with Crippen LogP contribution in [0.4, 0.5) is 5.69 Å². The van der Waals surface area contributed by atoms with Crippen LogP contribution in [-0.2, 0) is 4.79 Å². The fourth-order valence-electron chi connectivity index (χ4n) is 1.79. The molecule has 2 aliphatic rings. The Morgan fingerprint density at radius 3 is 3.12 bits per heavy atom. The van der Waals surface area contributed by atoms with Crippen LogP contribution >= 0.6 is 0 Å². The van der Waals surface area contributed by atoms with Crippen LogP contribution in [0.2, 0.25) is 0 Å². The van der Waals surface area contributed by atoms with Gasteiger partial charge in [0, 0.05) is 6.07 Å². The number of phenols is 1. The van der Waals surface area contributed by atoms with Gasteiger partial charge in [0.2, 0.25) is 0 Å². The van der Waals surface area contributed by atoms with Crippen LogP contribution < -0.4 is 4.74 Å². The standard InChI is InChI=1S/C13H9NO3/c15-7-8-1-3-10-12(5-8)17-13-6-9(16)2-4-11(13)14-10/h1-8,16H. The summed E-state index contributed by atoms with van der Waals surface area (Å²) in [5.74, 6) is 0.909. The van der Waals surface area contributed by atoms with Crippen LogP contribution in [0.25, 0.3) is 0 Å². The molecule has 4 nitrogen and oxygen atoms in total. The number of aldehydes is 1. The van der Waals surface area contributed by atoms with E-state index in [1.165, 1.54) is 6.07 Å². The number of benzene rings is 1. The van der Waals surface area contributed by atoms with Crippen molar-refractivity contribution in [3.8, 4) is 11.5 Å². The van der Waals surface area contributed by atoms with E-state index in [9.17, 15) is 9.90 Å². The van der Waals surface area contributed by atoms with Gasteiger partial charge in [0.25, 0.3) is 0 Å². The maximum atomic E-state index is 10.7. The molecule has 0 bridgehead atoms. The van der Waals surface area contributed by atoms with Crippen LogP contribution in [-0.4, -0.2) is 17.1 Å². The van der Waals surface area contributed by atoms with Crippen molar-refractivity contribution in [2.45, 2.75) is 0 Å². The molecule has 0 saturated carbocycles. The van der Waals surface area contributed by atoms with Gasteiger partial charge in [0.1, 0.15) is 29.2 Å². The van der Waals surface area contributed by atoms with Gasteiger partial charge in [0.05, 0.1) is 5.92 Å². The monoisotopic (exact) mass is 227 g/mol. The first-order valence-corrected chi connectivity index (χ1v) is 5.21. The lowest BCUT2D eigenvalue weighted by molar-refractivity contribution is -0.108. The van der Waals surface area contributed by atoms with Crippen molar-refractivity contribution in [2.75, 3.05) is 0 Å². The third-order valence-electron chi connectivity index (χ3n) is 2.63. The smallest absolute Gasteiger partial charge is 0.156 e. The van der Waals surface area contributed by atoms with Crippen molar-refractivity contribution in [2.24, 2.45) is 10.9 Å². The molecule has 1 heterocycles. The quantitative estimate of drug-likeness (QED) is 0.747. The van der Waals surface area contributed by atoms with Gasteiger partial charge >= 0.3 is 0 Å². The van der Waals surface area contributed by atoms with Crippen molar-refractivity contribution in [1.82, 2.24) is 0 Å². The summed E-state index contributed by atoms with van der Waals surface area (Å²) in [6, 6.07) is 4.75. The van der Waals surface area contributed by atoms with Gasteiger partial charge in [0.15, 0.2) is 5.75 Å². The molecule has 1 aliphatic carbocycles. The molecule has 1 aromatic carbocycles. The van der Waals surface area contributed by atoms with Gasteiger partial charge in [-0.05, 0) is 24.3 Å². The van der Waals surface area contributed by atoms with Crippen LogP contribution in [0.5, 0.6) is 11.5 Å². The lowest BCUT2D eigenvalue weighted by Crippen LogP contribution is -2.16. The number of rotatable bonds is 1. The van der Waals surface area contributed by atoms with Gasteiger partial charge < -0.3 is 14.6 Å². The number of carbonyl (C=O) groups excluding carboxylic acids is 1. The Bertz CT molecular complexity index is 584. The summed E-state index contributed by atoms with van der Waals surface area (Å²) >= 11 is 0. The number of ether oxygens (including phenoxy) is 1. The predicted octanol–water partition coefficient (Wildman–Crippen LogP) is 2.13. The minimum atomic E-state index is -0.275. The molecular formula is C13H9NO3. The van der Waals surface area contributed by atoms with E-state index in [1.807, 2.05) is 0 Å². The molecular weight excluding hydrogens is 218 g/mol. The maximum Gasteiger partial charge on any atom is 0.156 e. The number of aliphatic imine (C=N–C) groups is 1. The summed E-state index contributed by atoms with van der Waals surface area (Å²) in [4.78, 5) is 15.1. The third-order valence-corrected chi connectivity index (χ3v) is 2.63. The summed E-state index contributed by atoms with van der Waals surface area (Å²) in [5.41, 5.74) is 1.37. The topological polar surface area (TPSA) is 58.9 Å². The first-order valence-electron chi connectivity index (χ1n) is 5.21. The molecule has 84 valence electrons. The van der Waals surface area contributed by atoms with E-state index < -0.39 is 0 Å². The van der Waals surface area contributed by atoms with Crippen molar-refractivity contribution in [3.05, 3.63) is 42.2 Å². The van der Waals surface area contributed by atoms with E-state index in [0.717, 1.165) is 6.29 Å². The average Bonchev–Trinajstić information content (AvgIpc) is 2.35. The minimum absolute atomic E-state index is 0.126. The molecule has 0 fully saturated rings. The highest BCUT2D eigenvalue weighted by Gasteiger charge is 2.21. The van der Waals surface area contributed by atoms with Gasteiger partial charge in [-0.2, -0.15) is 0 Å². The van der Waals surface area contributed by atoms with Crippen molar-refractivity contribution in [1.29, 1.82) is 0 Å². The van der Waals surface area contributed by atoms with Gasteiger partial charge in [-0.3, -0.25) is 0 Å². The largest absolute Gasteiger partial charge is 0.508 e. The van der Waals surface area contributed by atoms with Crippen LogP contribution in [0.1, 0.15) is 0 Å². The molecule has 0 radical (unpaired) electrons. The van der Waals surface area contributed by atoms with E-state index in [-0.39, 0.29) is 11.7 Å². The van der Waals surface area contributed by atoms with Crippen molar-refractivity contribution >= 4 is 17.7 Å². The molecule has 0 spiro atoms. The zero-order valence-corrected chi connectivity index (χ0v) is 8.83. The van der Waals surface area contributed by atoms with E-state index >= 15 is 0 Å². The summed E-state index contributed by atoms with van der Waals surface area (Å²) in [6.45, 7) is 0. The van der Waals surface area contributed by atoms with E-state index in [1.54, 1.807) is 30.4 Å². The first-order chi connectivity index (χ1) is 8.26. The minimum Gasteiger partial charge on any atom is -0.508 e. The number of carbonyl (C=O) groups is 1. The summed E-state index contributed by atoms with van der Waals surface area (Å²) in [5, 5.41) is 9.36. The number of nitrogens with zero attached hydrogens (tertiary/aromatic N) is 1. The normalized spacial score (nSPS) is 20.6. The van der Waals surface area contributed by atoms with Gasteiger partial charge in [-0.1, -0.05) is 6.08 Å². The molecule has 0 saturated heterocycles. The number of fused-ring (bicyclic) bond motifs is 2. The number of hydrogen-bond acceptors (Lipinski definition) is 4. The molecule has 1 atom stereocenters. The summed E-state index contributed by atoms with van der Waals surface area (Å²) < 4.78 is 5.61. The number of phenolic OH excluding ortho intramolecular Hbond substituents is 1. The molecule has 1 N–H and O–H groups in total. The second-order valence-corrected chi connectivity index (χ2v) is 3.85. The van der Waals surface area contributed by atoms with Gasteiger partial charge in [-0.15, -0.1) is 0 Å². The second-order valence-electron chi connectivity index (χ2n) is 3.85. The molecule has 4 heteroatoms. The van der Waals surface area contributed by atoms with E-state index in [4.69, 9.17) is 4.74 Å². The Balaban J connectivity index is 2.08. The lowest BCUT2D eigenvalue weighted by atomic mass is 10.0. The van der Waals surface area contributed by atoms with E-state index in [0.29, 0.717) is 22.9 Å². The molecule has 0 amide bonds. The number of aromatic hydroxyl groups is 1. The Morgan fingerprint density at radius 1 is 1.41 bits per heavy atom. The fourth-order valence-corrected chi connectivity index (χ4v) is 1.79. The molecule has 0 aromatic heterocycles. The highest BCUT2D eigenvalue weighted by molar-refractivity contribution is 6.11. The molecule has 1 aliphatic heterocycles. The van der Waals surface area contributed by atoms with E-state index in [2.05, 4.69) is 4.99 Å².